The number of methoxy groups -OCH3 is 2. The molecule has 1 aromatic carbocycles. The summed E-state index contributed by atoms with van der Waals surface area (Å²) in [5.74, 6) is 1.51. The molecule has 0 fully saturated rings. The van der Waals surface area contributed by atoms with E-state index in [0.717, 1.165) is 11.8 Å². The van der Waals surface area contributed by atoms with Gasteiger partial charge in [0.1, 0.15) is 12.9 Å². The molecular formula is C15H14BrNO4. The lowest BCUT2D eigenvalue weighted by Crippen LogP contribution is -2.02. The summed E-state index contributed by atoms with van der Waals surface area (Å²) in [7, 11) is 3.08. The molecule has 0 aliphatic heterocycles. The summed E-state index contributed by atoms with van der Waals surface area (Å²) in [6, 6.07) is 6.97. The molecule has 1 aromatic heterocycles. The van der Waals surface area contributed by atoms with Gasteiger partial charge in [-0.25, -0.2) is 4.98 Å². The SMILES string of the molecule is COc1cc(C=O)cc(Br)c1OCc1cccnc1OC. The Morgan fingerprint density at radius 1 is 1.29 bits per heavy atom. The van der Waals surface area contributed by atoms with Crippen LogP contribution in [0.3, 0.4) is 0 Å². The molecule has 6 heteroatoms. The van der Waals surface area contributed by atoms with E-state index >= 15 is 0 Å². The minimum Gasteiger partial charge on any atom is -0.493 e. The maximum Gasteiger partial charge on any atom is 0.219 e. The van der Waals surface area contributed by atoms with Gasteiger partial charge in [-0.2, -0.15) is 0 Å². The van der Waals surface area contributed by atoms with E-state index in [1.807, 2.05) is 12.1 Å². The minimum absolute atomic E-state index is 0.270. The molecule has 110 valence electrons. The van der Waals surface area contributed by atoms with Crippen LogP contribution in [0.2, 0.25) is 0 Å². The largest absolute Gasteiger partial charge is 0.493 e. The molecule has 0 saturated carbocycles. The summed E-state index contributed by atoms with van der Waals surface area (Å²) in [4.78, 5) is 15.0. The van der Waals surface area contributed by atoms with Crippen LogP contribution in [0.4, 0.5) is 0 Å². The Balaban J connectivity index is 2.25. The van der Waals surface area contributed by atoms with E-state index in [9.17, 15) is 4.79 Å². The number of benzene rings is 1. The standard InChI is InChI=1S/C15H14BrNO4/c1-19-13-7-10(8-18)6-12(16)14(13)21-9-11-4-3-5-17-15(11)20-2/h3-8H,9H2,1-2H3. The second kappa shape index (κ2) is 7.08. The third-order valence-corrected chi connectivity index (χ3v) is 3.39. The van der Waals surface area contributed by atoms with Crippen molar-refractivity contribution in [2.75, 3.05) is 14.2 Å². The number of hydrogen-bond donors (Lipinski definition) is 0. The van der Waals surface area contributed by atoms with Gasteiger partial charge in [-0.05, 0) is 40.2 Å². The van der Waals surface area contributed by atoms with Crippen LogP contribution in [0.5, 0.6) is 17.4 Å². The fourth-order valence-corrected chi connectivity index (χ4v) is 2.39. The van der Waals surface area contributed by atoms with Crippen LogP contribution in [0.1, 0.15) is 15.9 Å². The van der Waals surface area contributed by atoms with E-state index in [2.05, 4.69) is 20.9 Å². The van der Waals surface area contributed by atoms with Gasteiger partial charge in [0, 0.05) is 11.8 Å². The number of hydrogen-bond acceptors (Lipinski definition) is 5. The molecule has 0 aliphatic rings. The normalized spacial score (nSPS) is 10.0. The first kappa shape index (κ1) is 15.3. The summed E-state index contributed by atoms with van der Waals surface area (Å²) in [5.41, 5.74) is 1.32. The number of aromatic nitrogens is 1. The summed E-state index contributed by atoms with van der Waals surface area (Å²) >= 11 is 3.38. The number of rotatable bonds is 6. The van der Waals surface area contributed by atoms with Gasteiger partial charge in [0.05, 0.1) is 24.3 Å². The van der Waals surface area contributed by atoms with Crippen molar-refractivity contribution in [2.24, 2.45) is 0 Å². The lowest BCUT2D eigenvalue weighted by atomic mass is 10.2. The van der Waals surface area contributed by atoms with Gasteiger partial charge in [0.15, 0.2) is 11.5 Å². The highest BCUT2D eigenvalue weighted by molar-refractivity contribution is 9.10. The first-order valence-electron chi connectivity index (χ1n) is 6.13. The quantitative estimate of drug-likeness (QED) is 0.747. The Hall–Kier alpha value is -2.08. The van der Waals surface area contributed by atoms with Gasteiger partial charge in [-0.15, -0.1) is 0 Å². The maximum atomic E-state index is 10.9. The molecule has 0 spiro atoms. The van der Waals surface area contributed by atoms with Crippen molar-refractivity contribution in [1.82, 2.24) is 4.98 Å². The van der Waals surface area contributed by atoms with E-state index in [4.69, 9.17) is 14.2 Å². The predicted molar refractivity (Wildman–Crippen MR) is 81.2 cm³/mol. The molecule has 2 rings (SSSR count). The van der Waals surface area contributed by atoms with Gasteiger partial charge < -0.3 is 14.2 Å². The third-order valence-electron chi connectivity index (χ3n) is 2.80. The van der Waals surface area contributed by atoms with Crippen LogP contribution >= 0.6 is 15.9 Å². The molecule has 0 unspecified atom stereocenters. The molecule has 0 radical (unpaired) electrons. The van der Waals surface area contributed by atoms with Crippen LogP contribution in [0.25, 0.3) is 0 Å². The number of pyridine rings is 1. The average Bonchev–Trinajstić information content (AvgIpc) is 2.53. The monoisotopic (exact) mass is 351 g/mol. The Kier molecular flexibility index (Phi) is 5.16. The number of halogens is 1. The number of carbonyl (C=O) groups is 1. The highest BCUT2D eigenvalue weighted by Gasteiger charge is 2.13. The van der Waals surface area contributed by atoms with Gasteiger partial charge in [0.2, 0.25) is 5.88 Å². The van der Waals surface area contributed by atoms with Crippen molar-refractivity contribution >= 4 is 22.2 Å². The third kappa shape index (κ3) is 3.52. The van der Waals surface area contributed by atoms with Gasteiger partial charge in [-0.3, -0.25) is 4.79 Å². The zero-order chi connectivity index (χ0) is 15.2. The Labute approximate surface area is 131 Å². The lowest BCUT2D eigenvalue weighted by molar-refractivity contribution is 0.112. The van der Waals surface area contributed by atoms with E-state index in [1.165, 1.54) is 7.11 Å². The van der Waals surface area contributed by atoms with Crippen LogP contribution < -0.4 is 14.2 Å². The van der Waals surface area contributed by atoms with Crippen molar-refractivity contribution in [2.45, 2.75) is 6.61 Å². The van der Waals surface area contributed by atoms with E-state index in [1.54, 1.807) is 25.4 Å². The highest BCUT2D eigenvalue weighted by atomic mass is 79.9. The van der Waals surface area contributed by atoms with Crippen molar-refractivity contribution in [1.29, 1.82) is 0 Å². The van der Waals surface area contributed by atoms with Gasteiger partial charge >= 0.3 is 0 Å². The zero-order valence-electron chi connectivity index (χ0n) is 11.6. The van der Waals surface area contributed by atoms with Crippen molar-refractivity contribution in [3.05, 3.63) is 46.1 Å². The first-order valence-corrected chi connectivity index (χ1v) is 6.92. The summed E-state index contributed by atoms with van der Waals surface area (Å²) < 4.78 is 16.9. The number of ether oxygens (including phenoxy) is 3. The van der Waals surface area contributed by atoms with Gasteiger partial charge in [0.25, 0.3) is 0 Å². The summed E-state index contributed by atoms with van der Waals surface area (Å²) in [5, 5.41) is 0. The average molecular weight is 352 g/mol. The number of nitrogens with zero attached hydrogens (tertiary/aromatic N) is 1. The summed E-state index contributed by atoms with van der Waals surface area (Å²) in [6.45, 7) is 0.270. The van der Waals surface area contributed by atoms with Crippen LogP contribution in [-0.2, 0) is 6.61 Å². The molecule has 0 N–H and O–H groups in total. The van der Waals surface area contributed by atoms with E-state index in [0.29, 0.717) is 27.4 Å². The van der Waals surface area contributed by atoms with Crippen molar-refractivity contribution in [3.63, 3.8) is 0 Å². The second-order valence-corrected chi connectivity index (χ2v) is 4.97. The van der Waals surface area contributed by atoms with Crippen molar-refractivity contribution in [3.8, 4) is 17.4 Å². The molecule has 1 heterocycles. The Morgan fingerprint density at radius 2 is 2.10 bits per heavy atom. The first-order chi connectivity index (χ1) is 10.2. The zero-order valence-corrected chi connectivity index (χ0v) is 13.2. The molecule has 0 bridgehead atoms. The molecular weight excluding hydrogens is 338 g/mol. The number of aldehydes is 1. The smallest absolute Gasteiger partial charge is 0.219 e. The predicted octanol–water partition coefficient (Wildman–Crippen LogP) is 3.25. The Morgan fingerprint density at radius 3 is 2.76 bits per heavy atom. The topological polar surface area (TPSA) is 57.7 Å². The fourth-order valence-electron chi connectivity index (χ4n) is 1.82. The maximum absolute atomic E-state index is 10.9. The van der Waals surface area contributed by atoms with Gasteiger partial charge in [-0.1, -0.05) is 0 Å². The van der Waals surface area contributed by atoms with Crippen LogP contribution in [0, 0.1) is 0 Å². The Bertz CT molecular complexity index is 646. The van der Waals surface area contributed by atoms with Crippen molar-refractivity contribution < 1.29 is 19.0 Å². The van der Waals surface area contributed by atoms with Crippen LogP contribution in [-0.4, -0.2) is 25.5 Å². The van der Waals surface area contributed by atoms with E-state index < -0.39 is 0 Å². The molecule has 0 saturated heterocycles. The number of carbonyl (C=O) groups excluding carboxylic acids is 1. The highest BCUT2D eigenvalue weighted by Crippen LogP contribution is 2.37. The van der Waals surface area contributed by atoms with Crippen LogP contribution in [0.15, 0.2) is 34.9 Å². The molecule has 0 atom stereocenters. The molecule has 0 amide bonds. The lowest BCUT2D eigenvalue weighted by Gasteiger charge is -2.14. The molecule has 2 aromatic rings. The second-order valence-electron chi connectivity index (χ2n) is 4.11. The van der Waals surface area contributed by atoms with E-state index in [-0.39, 0.29) is 6.61 Å². The fraction of sp³-hybridized carbons (Fsp3) is 0.200. The minimum atomic E-state index is 0.270. The molecule has 5 nitrogen and oxygen atoms in total. The molecule has 0 aliphatic carbocycles. The molecule has 21 heavy (non-hydrogen) atoms. The summed E-state index contributed by atoms with van der Waals surface area (Å²) in [6.07, 6.45) is 2.40.